The number of aryl methyl sites for hydroxylation is 1. The van der Waals surface area contributed by atoms with Crippen LogP contribution >= 0.6 is 11.6 Å². The van der Waals surface area contributed by atoms with Gasteiger partial charge < -0.3 is 31.5 Å². The normalized spacial score (nSPS) is 14.5. The van der Waals surface area contributed by atoms with Crippen molar-refractivity contribution in [3.8, 4) is 0 Å². The monoisotopic (exact) mass is 718 g/mol. The van der Waals surface area contributed by atoms with Crippen LogP contribution in [0.2, 0.25) is 5.02 Å². The third-order valence-corrected chi connectivity index (χ3v) is 8.76. The van der Waals surface area contributed by atoms with Crippen molar-refractivity contribution in [1.82, 2.24) is 36.1 Å². The maximum absolute atomic E-state index is 13.9. The molecule has 51 heavy (non-hydrogen) atoms. The number of likely N-dealkylation sites (tertiary alicyclic amines) is 1. The first-order chi connectivity index (χ1) is 24.4. The molecule has 1 aliphatic heterocycles. The summed E-state index contributed by atoms with van der Waals surface area (Å²) in [5, 5.41) is 14.5. The molecule has 5 N–H and O–H groups in total. The molecule has 1 aromatic heterocycles. The van der Waals surface area contributed by atoms with Gasteiger partial charge in [0, 0.05) is 49.5 Å². The van der Waals surface area contributed by atoms with E-state index in [4.69, 9.17) is 11.6 Å². The van der Waals surface area contributed by atoms with Crippen LogP contribution in [0, 0.1) is 11.3 Å². The summed E-state index contributed by atoms with van der Waals surface area (Å²) in [6.45, 7) is 6.99. The number of amides is 6. The van der Waals surface area contributed by atoms with E-state index in [9.17, 15) is 24.0 Å². The highest BCUT2D eigenvalue weighted by molar-refractivity contribution is 6.31. The topological polar surface area (TPSA) is 175 Å². The van der Waals surface area contributed by atoms with Gasteiger partial charge >= 0.3 is 6.03 Å². The molecule has 0 unspecified atom stereocenters. The van der Waals surface area contributed by atoms with Crippen molar-refractivity contribution < 1.29 is 24.0 Å². The van der Waals surface area contributed by atoms with Crippen LogP contribution in [0.5, 0.6) is 0 Å². The van der Waals surface area contributed by atoms with Crippen molar-refractivity contribution in [2.75, 3.05) is 25.0 Å². The molecule has 1 aliphatic rings. The van der Waals surface area contributed by atoms with Crippen molar-refractivity contribution in [3.05, 3.63) is 89.3 Å². The highest BCUT2D eigenvalue weighted by Gasteiger charge is 2.32. The number of rotatable bonds is 14. The van der Waals surface area contributed by atoms with Crippen LogP contribution in [0.4, 0.5) is 10.6 Å². The number of halogens is 1. The van der Waals surface area contributed by atoms with Crippen LogP contribution in [0.15, 0.2) is 73.2 Å². The van der Waals surface area contributed by atoms with E-state index in [1.807, 2.05) is 51.1 Å². The minimum Gasteiger partial charge on any atom is -0.355 e. The number of urea groups is 1. The molecule has 2 aromatic carbocycles. The molecular formula is C37H47ClN8O5. The average molecular weight is 719 g/mol. The van der Waals surface area contributed by atoms with Crippen molar-refractivity contribution in [2.24, 2.45) is 11.3 Å². The Morgan fingerprint density at radius 1 is 0.882 bits per heavy atom. The molecule has 3 aromatic rings. The van der Waals surface area contributed by atoms with E-state index in [2.05, 4.69) is 36.6 Å². The number of nitrogens with zero attached hydrogens (tertiary/aromatic N) is 3. The molecule has 0 spiro atoms. The number of nitrogens with one attached hydrogen (secondary N) is 5. The standard InChI is InChI=1S/C37H47ClN8O5/c1-37(2,3)24-42-32(47)21-30(34(49)41-22-27-11-7-8-12-28(27)38)43-35(50)29(14-13-25-9-5-4-6-10-25)44-36(51)46-19-15-26(16-20-46)33(48)45-31-23-39-17-18-40-31/h4-12,17-18,23,26,29-30H,13-16,19-22,24H2,1-3H3,(H,41,49)(H,42,47)(H,43,50)(H,44,51)(H,40,45,48)/t29-,30-/m0/s1. The van der Waals surface area contributed by atoms with Crippen molar-refractivity contribution >= 4 is 47.1 Å². The minimum atomic E-state index is -1.22. The van der Waals surface area contributed by atoms with Gasteiger partial charge in [0.15, 0.2) is 5.82 Å². The lowest BCUT2D eigenvalue weighted by Crippen LogP contribution is -2.57. The van der Waals surface area contributed by atoms with E-state index in [1.165, 1.54) is 18.6 Å². The highest BCUT2D eigenvalue weighted by Crippen LogP contribution is 2.20. The molecule has 1 fully saturated rings. The number of piperidine rings is 1. The Balaban J connectivity index is 1.43. The molecule has 13 nitrogen and oxygen atoms in total. The molecule has 6 amide bonds. The van der Waals surface area contributed by atoms with Crippen molar-refractivity contribution in [2.45, 2.75) is 71.5 Å². The Labute approximate surface area is 303 Å². The van der Waals surface area contributed by atoms with Crippen LogP contribution in [-0.2, 0) is 32.1 Å². The van der Waals surface area contributed by atoms with E-state index in [1.54, 1.807) is 29.2 Å². The summed E-state index contributed by atoms with van der Waals surface area (Å²) in [7, 11) is 0. The number of hydrogen-bond acceptors (Lipinski definition) is 7. The smallest absolute Gasteiger partial charge is 0.318 e. The number of carbonyl (C=O) groups is 5. The fraction of sp³-hybridized carbons (Fsp3) is 0.432. The fourth-order valence-corrected chi connectivity index (χ4v) is 5.65. The number of anilines is 1. The van der Waals surface area contributed by atoms with Gasteiger partial charge in [0.05, 0.1) is 12.6 Å². The molecule has 272 valence electrons. The van der Waals surface area contributed by atoms with E-state index in [-0.39, 0.29) is 36.6 Å². The lowest BCUT2D eigenvalue weighted by atomic mass is 9.96. The van der Waals surface area contributed by atoms with Crippen LogP contribution in [0.25, 0.3) is 0 Å². The third kappa shape index (κ3) is 13.0. The number of carbonyl (C=O) groups excluding carboxylic acids is 5. The average Bonchev–Trinajstić information content (AvgIpc) is 3.12. The molecule has 0 radical (unpaired) electrons. The van der Waals surface area contributed by atoms with Gasteiger partial charge in [-0.3, -0.25) is 24.2 Å². The first-order valence-corrected chi connectivity index (χ1v) is 17.5. The lowest BCUT2D eigenvalue weighted by Gasteiger charge is -2.32. The molecule has 0 saturated carbocycles. The van der Waals surface area contributed by atoms with Crippen LogP contribution in [-0.4, -0.2) is 76.2 Å². The molecule has 0 bridgehead atoms. The molecule has 14 heteroatoms. The molecule has 0 aliphatic carbocycles. The number of hydrogen-bond donors (Lipinski definition) is 5. The number of aromatic nitrogens is 2. The zero-order chi connectivity index (χ0) is 36.8. The second-order valence-corrected chi connectivity index (χ2v) is 14.2. The maximum Gasteiger partial charge on any atom is 0.318 e. The van der Waals surface area contributed by atoms with Gasteiger partial charge in [-0.2, -0.15) is 0 Å². The Hall–Kier alpha value is -5.04. The van der Waals surface area contributed by atoms with Gasteiger partial charge in [-0.05, 0) is 48.3 Å². The predicted molar refractivity (Wildman–Crippen MR) is 194 cm³/mol. The number of benzene rings is 2. The maximum atomic E-state index is 13.9. The van der Waals surface area contributed by atoms with E-state index in [0.29, 0.717) is 55.3 Å². The zero-order valence-electron chi connectivity index (χ0n) is 29.3. The zero-order valence-corrected chi connectivity index (χ0v) is 30.0. The minimum absolute atomic E-state index is 0.0926. The first-order valence-electron chi connectivity index (χ1n) is 17.1. The molecule has 2 heterocycles. The summed E-state index contributed by atoms with van der Waals surface area (Å²) in [4.78, 5) is 76.3. The highest BCUT2D eigenvalue weighted by atomic mass is 35.5. The van der Waals surface area contributed by atoms with Gasteiger partial charge in [0.1, 0.15) is 12.1 Å². The van der Waals surface area contributed by atoms with Crippen LogP contribution in [0.3, 0.4) is 0 Å². The van der Waals surface area contributed by atoms with Crippen LogP contribution in [0.1, 0.15) is 57.6 Å². The summed E-state index contributed by atoms with van der Waals surface area (Å²) >= 11 is 6.28. The molecule has 4 rings (SSSR count). The van der Waals surface area contributed by atoms with E-state index in [0.717, 1.165) is 5.56 Å². The largest absolute Gasteiger partial charge is 0.355 e. The quantitative estimate of drug-likeness (QED) is 0.168. The third-order valence-electron chi connectivity index (χ3n) is 8.40. The van der Waals surface area contributed by atoms with E-state index < -0.39 is 35.8 Å². The molecular weight excluding hydrogens is 672 g/mol. The summed E-state index contributed by atoms with van der Waals surface area (Å²) in [6, 6.07) is 13.9. The first kappa shape index (κ1) is 38.8. The second kappa shape index (κ2) is 18.8. The van der Waals surface area contributed by atoms with E-state index >= 15 is 0 Å². The van der Waals surface area contributed by atoms with Gasteiger partial charge in [-0.25, -0.2) is 9.78 Å². The molecule has 2 atom stereocenters. The van der Waals surface area contributed by atoms with Crippen molar-refractivity contribution in [1.29, 1.82) is 0 Å². The predicted octanol–water partition coefficient (Wildman–Crippen LogP) is 3.85. The molecule has 1 saturated heterocycles. The Bertz CT molecular complexity index is 1630. The van der Waals surface area contributed by atoms with Gasteiger partial charge in [0.2, 0.25) is 23.6 Å². The lowest BCUT2D eigenvalue weighted by molar-refractivity contribution is -0.132. The summed E-state index contributed by atoms with van der Waals surface area (Å²) in [5.74, 6) is -1.72. The van der Waals surface area contributed by atoms with Gasteiger partial charge in [0.25, 0.3) is 0 Å². The summed E-state index contributed by atoms with van der Waals surface area (Å²) < 4.78 is 0. The fourth-order valence-electron chi connectivity index (χ4n) is 5.45. The van der Waals surface area contributed by atoms with Crippen LogP contribution < -0.4 is 26.6 Å². The van der Waals surface area contributed by atoms with Gasteiger partial charge in [-0.1, -0.05) is 80.9 Å². The Kier molecular flexibility index (Phi) is 14.3. The van der Waals surface area contributed by atoms with Crippen molar-refractivity contribution in [3.63, 3.8) is 0 Å². The van der Waals surface area contributed by atoms with Gasteiger partial charge in [-0.15, -0.1) is 0 Å². The summed E-state index contributed by atoms with van der Waals surface area (Å²) in [6.07, 6.45) is 5.73. The Morgan fingerprint density at radius 2 is 1.59 bits per heavy atom. The second-order valence-electron chi connectivity index (χ2n) is 13.8. The SMILES string of the molecule is CC(C)(C)CNC(=O)C[C@H](NC(=O)[C@H](CCc1ccccc1)NC(=O)N1CCC(C(=O)Nc2cnccn2)CC1)C(=O)NCc1ccccc1Cl. The Morgan fingerprint density at radius 3 is 2.25 bits per heavy atom. The summed E-state index contributed by atoms with van der Waals surface area (Å²) in [5.41, 5.74) is 1.45.